The summed E-state index contributed by atoms with van der Waals surface area (Å²) in [5.74, 6) is -0.718. The molecule has 0 bridgehead atoms. The highest BCUT2D eigenvalue weighted by atomic mass is 79.9. The summed E-state index contributed by atoms with van der Waals surface area (Å²) in [5, 5.41) is 17.1. The van der Waals surface area contributed by atoms with Gasteiger partial charge in [0.05, 0.1) is 11.4 Å². The molecule has 2 aliphatic heterocycles. The van der Waals surface area contributed by atoms with Crippen molar-refractivity contribution in [2.45, 2.75) is 65.8 Å². The van der Waals surface area contributed by atoms with Crippen molar-refractivity contribution >= 4 is 40.7 Å². The summed E-state index contributed by atoms with van der Waals surface area (Å²) in [6.45, 7) is 18.8. The third-order valence-electron chi connectivity index (χ3n) is 8.74. The van der Waals surface area contributed by atoms with Crippen LogP contribution in [-0.2, 0) is 22.6 Å². The molecule has 312 valence electrons. The molecule has 0 unspecified atom stereocenters. The lowest BCUT2D eigenvalue weighted by Crippen LogP contribution is -2.49. The summed E-state index contributed by atoms with van der Waals surface area (Å²) in [4.78, 5) is 41.1. The Balaban J connectivity index is 0.000000212. The van der Waals surface area contributed by atoms with Crippen LogP contribution < -0.4 is 5.46 Å². The standard InChI is InChI=1S/C21H26FN3O2.C15H22BrN3O2.C6H6BFO2/c1-21(2,3)27-20(26)25-11-9-24(10-12-25)15-19-8-7-17(14-23-19)16-5-4-6-18(22)13-16;1-15(2,3)21-14(20)19-8-6-18(7-9-19)11-13-5-4-12(16)10-17-13;8-6-3-1-2-5(4-6)7(9)10/h4-8,13-14H,9-12,15H2,1-3H3;4-5,10H,6-9,11H2,1-3H3;1-4,9-10H. The third-order valence-corrected chi connectivity index (χ3v) is 9.21. The molecule has 2 fully saturated rings. The first-order valence-corrected chi connectivity index (χ1v) is 20.0. The first kappa shape index (κ1) is 46.2. The Bertz CT molecular complexity index is 1900. The molecule has 2 saturated heterocycles. The van der Waals surface area contributed by atoms with Crippen molar-refractivity contribution in [3.05, 3.63) is 113 Å². The van der Waals surface area contributed by atoms with E-state index in [1.165, 1.54) is 30.3 Å². The average Bonchev–Trinajstić information content (AvgIpc) is 3.16. The summed E-state index contributed by atoms with van der Waals surface area (Å²) >= 11 is 3.38. The van der Waals surface area contributed by atoms with E-state index in [0.29, 0.717) is 26.2 Å². The summed E-state index contributed by atoms with van der Waals surface area (Å²) < 4.78 is 37.5. The zero-order valence-corrected chi connectivity index (χ0v) is 35.7. The first-order valence-electron chi connectivity index (χ1n) is 19.2. The van der Waals surface area contributed by atoms with Crippen LogP contribution >= 0.6 is 15.9 Å². The van der Waals surface area contributed by atoms with Crippen molar-refractivity contribution in [1.82, 2.24) is 29.6 Å². The number of amides is 2. The number of nitrogens with zero attached hydrogens (tertiary/aromatic N) is 6. The van der Waals surface area contributed by atoms with E-state index in [1.807, 2.05) is 78.1 Å². The maximum Gasteiger partial charge on any atom is 0.488 e. The molecule has 0 atom stereocenters. The van der Waals surface area contributed by atoms with E-state index < -0.39 is 24.1 Å². The highest BCUT2D eigenvalue weighted by Crippen LogP contribution is 2.20. The van der Waals surface area contributed by atoms with Gasteiger partial charge in [-0.2, -0.15) is 0 Å². The van der Waals surface area contributed by atoms with Gasteiger partial charge in [-0.05, 0) is 111 Å². The van der Waals surface area contributed by atoms with E-state index in [1.54, 1.807) is 22.1 Å². The molecule has 6 rings (SSSR count). The van der Waals surface area contributed by atoms with E-state index >= 15 is 0 Å². The molecule has 12 nitrogen and oxygen atoms in total. The van der Waals surface area contributed by atoms with E-state index in [2.05, 4.69) is 35.7 Å². The molecule has 2 aromatic heterocycles. The second-order valence-electron chi connectivity index (χ2n) is 15.9. The second kappa shape index (κ2) is 21.5. The molecule has 0 spiro atoms. The predicted octanol–water partition coefficient (Wildman–Crippen LogP) is 6.34. The number of hydrogen-bond donors (Lipinski definition) is 2. The quantitative estimate of drug-likeness (QED) is 0.212. The Morgan fingerprint density at radius 1 is 0.655 bits per heavy atom. The molecule has 2 amide bonds. The van der Waals surface area contributed by atoms with Gasteiger partial charge in [-0.1, -0.05) is 30.3 Å². The van der Waals surface area contributed by atoms with Gasteiger partial charge in [-0.3, -0.25) is 19.8 Å². The molecule has 2 N–H and O–H groups in total. The molecule has 58 heavy (non-hydrogen) atoms. The maximum absolute atomic E-state index is 13.4. The second-order valence-corrected chi connectivity index (χ2v) is 16.8. The molecular weight excluding hydrogens is 813 g/mol. The summed E-state index contributed by atoms with van der Waals surface area (Å²) in [7, 11) is -1.59. The fourth-order valence-corrected chi connectivity index (χ4v) is 6.05. The van der Waals surface area contributed by atoms with Crippen molar-refractivity contribution in [2.75, 3.05) is 52.4 Å². The van der Waals surface area contributed by atoms with Crippen LogP contribution in [0, 0.1) is 11.6 Å². The van der Waals surface area contributed by atoms with Gasteiger partial charge in [0.2, 0.25) is 0 Å². The molecule has 2 aliphatic rings. The van der Waals surface area contributed by atoms with Crippen LogP contribution in [0.4, 0.5) is 18.4 Å². The van der Waals surface area contributed by atoms with Crippen LogP contribution in [0.1, 0.15) is 52.9 Å². The van der Waals surface area contributed by atoms with Gasteiger partial charge >= 0.3 is 19.3 Å². The Labute approximate surface area is 349 Å². The van der Waals surface area contributed by atoms with Gasteiger partial charge in [-0.25, -0.2) is 18.4 Å². The molecule has 2 aromatic carbocycles. The van der Waals surface area contributed by atoms with Crippen molar-refractivity contribution in [3.63, 3.8) is 0 Å². The summed E-state index contributed by atoms with van der Waals surface area (Å²) in [6, 6.07) is 19.6. The van der Waals surface area contributed by atoms with Crippen LogP contribution in [0.15, 0.2) is 89.7 Å². The zero-order chi connectivity index (χ0) is 42.5. The molecular formula is C42H54BBrF2N6O6. The van der Waals surface area contributed by atoms with Gasteiger partial charge in [0.25, 0.3) is 0 Å². The highest BCUT2D eigenvalue weighted by Gasteiger charge is 2.27. The largest absolute Gasteiger partial charge is 0.488 e. The van der Waals surface area contributed by atoms with Crippen molar-refractivity contribution < 1.29 is 37.9 Å². The van der Waals surface area contributed by atoms with Crippen LogP contribution in [0.3, 0.4) is 0 Å². The SMILES string of the molecule is CC(C)(C)OC(=O)N1CCN(Cc2ccc(-c3cccc(F)c3)cn2)CC1.CC(C)(C)OC(=O)N1CCN(Cc2ccc(Br)cn2)CC1.OB(O)c1cccc(F)c1. The van der Waals surface area contributed by atoms with Crippen LogP contribution in [-0.4, -0.2) is 122 Å². The molecule has 4 aromatic rings. The minimum Gasteiger partial charge on any atom is -0.444 e. The van der Waals surface area contributed by atoms with Gasteiger partial charge in [0.1, 0.15) is 22.8 Å². The van der Waals surface area contributed by atoms with Gasteiger partial charge in [0, 0.05) is 87.9 Å². The van der Waals surface area contributed by atoms with E-state index in [4.69, 9.17) is 19.5 Å². The lowest BCUT2D eigenvalue weighted by Gasteiger charge is -2.35. The average molecular weight is 868 g/mol. The first-order chi connectivity index (χ1) is 27.3. The number of piperazine rings is 2. The zero-order valence-electron chi connectivity index (χ0n) is 34.1. The Morgan fingerprint density at radius 3 is 1.50 bits per heavy atom. The lowest BCUT2D eigenvalue weighted by atomic mass is 9.80. The maximum atomic E-state index is 13.4. The van der Waals surface area contributed by atoms with Crippen LogP contribution in [0.25, 0.3) is 11.1 Å². The van der Waals surface area contributed by atoms with Gasteiger partial charge < -0.3 is 29.3 Å². The number of carbonyl (C=O) groups excluding carboxylic acids is 2. The van der Waals surface area contributed by atoms with E-state index in [0.717, 1.165) is 72.3 Å². The number of carbonyl (C=O) groups is 2. The number of ether oxygens (including phenoxy) is 2. The number of aromatic nitrogens is 2. The fourth-order valence-electron chi connectivity index (χ4n) is 5.81. The monoisotopic (exact) mass is 866 g/mol. The van der Waals surface area contributed by atoms with Crippen molar-refractivity contribution in [3.8, 4) is 11.1 Å². The molecule has 0 saturated carbocycles. The van der Waals surface area contributed by atoms with Crippen LogP contribution in [0.2, 0.25) is 0 Å². The number of rotatable bonds is 6. The number of halogens is 3. The van der Waals surface area contributed by atoms with Crippen molar-refractivity contribution in [2.24, 2.45) is 0 Å². The Kier molecular flexibility index (Phi) is 17.1. The third kappa shape index (κ3) is 16.4. The minimum atomic E-state index is -1.59. The topological polar surface area (TPSA) is 132 Å². The molecule has 4 heterocycles. The molecule has 0 aliphatic carbocycles. The number of hydrogen-bond acceptors (Lipinski definition) is 10. The van der Waals surface area contributed by atoms with Crippen LogP contribution in [0.5, 0.6) is 0 Å². The highest BCUT2D eigenvalue weighted by molar-refractivity contribution is 9.10. The van der Waals surface area contributed by atoms with E-state index in [-0.39, 0.29) is 23.5 Å². The smallest absolute Gasteiger partial charge is 0.444 e. The predicted molar refractivity (Wildman–Crippen MR) is 224 cm³/mol. The summed E-state index contributed by atoms with van der Waals surface area (Å²) in [5.41, 5.74) is 2.98. The van der Waals surface area contributed by atoms with Gasteiger partial charge in [0.15, 0.2) is 0 Å². The molecule has 0 radical (unpaired) electrons. The minimum absolute atomic E-state index is 0.167. The lowest BCUT2D eigenvalue weighted by molar-refractivity contribution is 0.0128. The number of pyridine rings is 2. The fraction of sp³-hybridized carbons (Fsp3) is 0.429. The Hall–Kier alpha value is -4.48. The summed E-state index contributed by atoms with van der Waals surface area (Å²) in [6.07, 6.45) is 3.12. The Morgan fingerprint density at radius 2 is 1.12 bits per heavy atom. The number of benzene rings is 2. The van der Waals surface area contributed by atoms with Crippen molar-refractivity contribution in [1.29, 1.82) is 0 Å². The normalized spacial score (nSPS) is 15.0. The molecule has 16 heteroatoms. The van der Waals surface area contributed by atoms with Gasteiger partial charge in [-0.15, -0.1) is 0 Å². The van der Waals surface area contributed by atoms with E-state index in [9.17, 15) is 18.4 Å².